The molecule has 0 radical (unpaired) electrons. The molecule has 1 amide bonds. The second kappa shape index (κ2) is 9.97. The fraction of sp³-hybridized carbons (Fsp3) is 0.269. The summed E-state index contributed by atoms with van der Waals surface area (Å²) in [5, 5.41) is 3.05. The van der Waals surface area contributed by atoms with Crippen molar-refractivity contribution >= 4 is 5.91 Å². The number of hydrogen-bond donors (Lipinski definition) is 1. The van der Waals surface area contributed by atoms with Gasteiger partial charge in [0.15, 0.2) is 0 Å². The Bertz CT molecular complexity index is 983. The maximum atomic E-state index is 12.8. The van der Waals surface area contributed by atoms with Crippen LogP contribution in [0.1, 0.15) is 59.8 Å². The number of amides is 1. The monoisotopic (exact) mass is 403 g/mol. The minimum Gasteiger partial charge on any atom is -0.496 e. The molecule has 0 heterocycles. The molecule has 0 aliphatic carbocycles. The first kappa shape index (κ1) is 21.4. The van der Waals surface area contributed by atoms with Crippen LogP contribution in [0.4, 0.5) is 0 Å². The highest BCUT2D eigenvalue weighted by molar-refractivity contribution is 5.94. The molecule has 156 valence electrons. The summed E-state index contributed by atoms with van der Waals surface area (Å²) in [6, 6.07) is 23.3. The van der Waals surface area contributed by atoms with E-state index in [0.717, 1.165) is 22.4 Å². The molecule has 0 bridgehead atoms. The molecule has 3 aromatic rings. The van der Waals surface area contributed by atoms with Crippen molar-refractivity contribution in [1.82, 2.24) is 5.32 Å². The Labute approximate surface area is 178 Å². The van der Waals surface area contributed by atoms with Gasteiger partial charge in [0.25, 0.3) is 5.91 Å². The SMILES string of the molecule is COc1ccc(C(=O)N[C@H](C)c2ccccc2)cc1COc1ccccc1C(C)C. The molecule has 4 nitrogen and oxygen atoms in total. The van der Waals surface area contributed by atoms with Gasteiger partial charge >= 0.3 is 0 Å². The first-order valence-electron chi connectivity index (χ1n) is 10.2. The van der Waals surface area contributed by atoms with Crippen molar-refractivity contribution in [2.75, 3.05) is 7.11 Å². The van der Waals surface area contributed by atoms with Crippen LogP contribution in [0.25, 0.3) is 0 Å². The van der Waals surface area contributed by atoms with Gasteiger partial charge in [-0.15, -0.1) is 0 Å². The van der Waals surface area contributed by atoms with Crippen LogP contribution >= 0.6 is 0 Å². The molecule has 0 spiro atoms. The van der Waals surface area contributed by atoms with Crippen molar-refractivity contribution in [1.29, 1.82) is 0 Å². The molecule has 1 N–H and O–H groups in total. The van der Waals surface area contributed by atoms with Crippen molar-refractivity contribution in [2.45, 2.75) is 39.3 Å². The third-order valence-corrected chi connectivity index (χ3v) is 5.11. The van der Waals surface area contributed by atoms with E-state index in [-0.39, 0.29) is 11.9 Å². The van der Waals surface area contributed by atoms with Crippen LogP contribution in [0.3, 0.4) is 0 Å². The number of benzene rings is 3. The molecule has 3 aromatic carbocycles. The minimum atomic E-state index is -0.127. The van der Waals surface area contributed by atoms with Gasteiger partial charge in [-0.25, -0.2) is 0 Å². The molecule has 0 fully saturated rings. The van der Waals surface area contributed by atoms with Gasteiger partial charge < -0.3 is 14.8 Å². The number of carbonyl (C=O) groups is 1. The zero-order valence-electron chi connectivity index (χ0n) is 18.0. The fourth-order valence-corrected chi connectivity index (χ4v) is 3.38. The Balaban J connectivity index is 1.76. The van der Waals surface area contributed by atoms with Crippen LogP contribution in [0, 0.1) is 0 Å². The molecule has 3 rings (SSSR count). The zero-order valence-corrected chi connectivity index (χ0v) is 18.0. The van der Waals surface area contributed by atoms with Gasteiger partial charge in [-0.1, -0.05) is 62.4 Å². The van der Waals surface area contributed by atoms with Crippen LogP contribution in [0.15, 0.2) is 72.8 Å². The maximum absolute atomic E-state index is 12.8. The molecule has 30 heavy (non-hydrogen) atoms. The van der Waals surface area contributed by atoms with Gasteiger partial charge in [0.2, 0.25) is 0 Å². The van der Waals surface area contributed by atoms with Crippen molar-refractivity contribution in [3.63, 3.8) is 0 Å². The normalized spacial score (nSPS) is 11.8. The van der Waals surface area contributed by atoms with E-state index < -0.39 is 0 Å². The van der Waals surface area contributed by atoms with Gasteiger partial charge in [0, 0.05) is 11.1 Å². The van der Waals surface area contributed by atoms with Gasteiger partial charge in [-0.2, -0.15) is 0 Å². The zero-order chi connectivity index (χ0) is 21.5. The Morgan fingerprint density at radius 3 is 2.30 bits per heavy atom. The van der Waals surface area contributed by atoms with Gasteiger partial charge in [-0.05, 0) is 48.2 Å². The lowest BCUT2D eigenvalue weighted by Crippen LogP contribution is -2.26. The third-order valence-electron chi connectivity index (χ3n) is 5.11. The number of carbonyl (C=O) groups excluding carboxylic acids is 1. The summed E-state index contributed by atoms with van der Waals surface area (Å²) in [6.45, 7) is 6.58. The number of methoxy groups -OCH3 is 1. The summed E-state index contributed by atoms with van der Waals surface area (Å²) >= 11 is 0. The predicted octanol–water partition coefficient (Wildman–Crippen LogP) is 5.89. The standard InChI is InChI=1S/C26H29NO3/c1-18(2)23-12-8-9-13-25(23)30-17-22-16-21(14-15-24(22)29-4)26(28)27-19(3)20-10-6-5-7-11-20/h5-16,18-19H,17H2,1-4H3,(H,27,28)/t19-/m1/s1. The molecule has 0 aliphatic rings. The Kier molecular flexibility index (Phi) is 7.12. The lowest BCUT2D eigenvalue weighted by Gasteiger charge is -2.17. The van der Waals surface area contributed by atoms with E-state index >= 15 is 0 Å². The van der Waals surface area contributed by atoms with Crippen LogP contribution in [-0.4, -0.2) is 13.0 Å². The van der Waals surface area contributed by atoms with E-state index in [1.807, 2.05) is 67.6 Å². The molecule has 0 saturated carbocycles. The Morgan fingerprint density at radius 1 is 0.900 bits per heavy atom. The first-order valence-corrected chi connectivity index (χ1v) is 10.2. The summed E-state index contributed by atoms with van der Waals surface area (Å²) in [6.07, 6.45) is 0. The Hall–Kier alpha value is -3.27. The van der Waals surface area contributed by atoms with Crippen LogP contribution in [0.5, 0.6) is 11.5 Å². The van der Waals surface area contributed by atoms with E-state index in [1.54, 1.807) is 13.2 Å². The largest absolute Gasteiger partial charge is 0.496 e. The third kappa shape index (κ3) is 5.20. The van der Waals surface area contributed by atoms with Crippen molar-refractivity contribution < 1.29 is 14.3 Å². The fourth-order valence-electron chi connectivity index (χ4n) is 3.38. The van der Waals surface area contributed by atoms with Crippen LogP contribution in [0.2, 0.25) is 0 Å². The number of hydrogen-bond acceptors (Lipinski definition) is 3. The van der Waals surface area contributed by atoms with Crippen molar-refractivity contribution in [3.8, 4) is 11.5 Å². The van der Waals surface area contributed by atoms with Crippen LogP contribution < -0.4 is 14.8 Å². The van der Waals surface area contributed by atoms with Crippen molar-refractivity contribution in [2.24, 2.45) is 0 Å². The number of ether oxygens (including phenoxy) is 2. The minimum absolute atomic E-state index is 0.0848. The molecule has 0 aromatic heterocycles. The molecular weight excluding hydrogens is 374 g/mol. The highest BCUT2D eigenvalue weighted by Crippen LogP contribution is 2.28. The van der Waals surface area contributed by atoms with Gasteiger partial charge in [0.05, 0.1) is 13.2 Å². The summed E-state index contributed by atoms with van der Waals surface area (Å²) in [5.74, 6) is 1.78. The summed E-state index contributed by atoms with van der Waals surface area (Å²) in [5.41, 5.74) is 3.63. The quantitative estimate of drug-likeness (QED) is 0.510. The number of para-hydroxylation sites is 1. The van der Waals surface area contributed by atoms with Crippen LogP contribution in [-0.2, 0) is 6.61 Å². The summed E-state index contributed by atoms with van der Waals surface area (Å²) in [7, 11) is 1.62. The molecule has 0 saturated heterocycles. The lowest BCUT2D eigenvalue weighted by molar-refractivity contribution is 0.0939. The maximum Gasteiger partial charge on any atom is 0.251 e. The average molecular weight is 404 g/mol. The van der Waals surface area contributed by atoms with E-state index in [9.17, 15) is 4.79 Å². The lowest BCUT2D eigenvalue weighted by atomic mass is 10.0. The Morgan fingerprint density at radius 2 is 1.60 bits per heavy atom. The number of rotatable bonds is 8. The van der Waals surface area contributed by atoms with Gasteiger partial charge in [-0.3, -0.25) is 4.79 Å². The van der Waals surface area contributed by atoms with Gasteiger partial charge in [0.1, 0.15) is 18.1 Å². The van der Waals surface area contributed by atoms with E-state index in [2.05, 4.69) is 25.2 Å². The second-order valence-electron chi connectivity index (χ2n) is 7.61. The molecule has 4 heteroatoms. The topological polar surface area (TPSA) is 47.6 Å². The molecule has 0 aliphatic heterocycles. The molecular formula is C26H29NO3. The van der Waals surface area contributed by atoms with Crippen molar-refractivity contribution in [3.05, 3.63) is 95.1 Å². The summed E-state index contributed by atoms with van der Waals surface area (Å²) < 4.78 is 11.6. The van der Waals surface area contributed by atoms with E-state index in [4.69, 9.17) is 9.47 Å². The van der Waals surface area contributed by atoms with E-state index in [0.29, 0.717) is 23.8 Å². The smallest absolute Gasteiger partial charge is 0.251 e. The molecule has 0 unspecified atom stereocenters. The number of nitrogens with one attached hydrogen (secondary N) is 1. The molecule has 1 atom stereocenters. The highest BCUT2D eigenvalue weighted by Gasteiger charge is 2.15. The summed E-state index contributed by atoms with van der Waals surface area (Å²) in [4.78, 5) is 12.8. The first-order chi connectivity index (χ1) is 14.5. The average Bonchev–Trinajstić information content (AvgIpc) is 2.78. The van der Waals surface area contributed by atoms with E-state index in [1.165, 1.54) is 0 Å². The highest BCUT2D eigenvalue weighted by atomic mass is 16.5. The predicted molar refractivity (Wildman–Crippen MR) is 120 cm³/mol. The second-order valence-corrected chi connectivity index (χ2v) is 7.61.